The van der Waals surface area contributed by atoms with E-state index in [1.54, 1.807) is 0 Å². The van der Waals surface area contributed by atoms with Gasteiger partial charge in [-0.25, -0.2) is 12.8 Å². The Morgan fingerprint density at radius 1 is 1.44 bits per heavy atom. The Morgan fingerprint density at radius 2 is 2.11 bits per heavy atom. The Hall–Kier alpha value is -0.980. The van der Waals surface area contributed by atoms with Gasteiger partial charge in [-0.15, -0.1) is 0 Å². The molecule has 4 nitrogen and oxygen atoms in total. The van der Waals surface area contributed by atoms with Gasteiger partial charge in [-0.05, 0) is 31.4 Å². The van der Waals surface area contributed by atoms with Gasteiger partial charge in [-0.1, -0.05) is 12.1 Å². The molecule has 6 heteroatoms. The smallest absolute Gasteiger partial charge is 0.245 e. The molecule has 2 unspecified atom stereocenters. The number of halogens is 1. The first-order chi connectivity index (χ1) is 8.43. The molecule has 2 N–H and O–H groups in total. The quantitative estimate of drug-likeness (QED) is 0.898. The summed E-state index contributed by atoms with van der Waals surface area (Å²) < 4.78 is 39.4. The third kappa shape index (κ3) is 2.41. The number of nitrogens with two attached hydrogens (primary N) is 1. The van der Waals surface area contributed by atoms with E-state index in [4.69, 9.17) is 5.73 Å². The molecule has 1 heterocycles. The van der Waals surface area contributed by atoms with E-state index in [0.29, 0.717) is 13.1 Å². The van der Waals surface area contributed by atoms with Gasteiger partial charge in [0.05, 0.1) is 0 Å². The van der Waals surface area contributed by atoms with Crippen LogP contribution in [0.15, 0.2) is 29.2 Å². The lowest BCUT2D eigenvalue weighted by Gasteiger charge is -2.18. The minimum atomic E-state index is -3.73. The van der Waals surface area contributed by atoms with Crippen molar-refractivity contribution in [2.45, 2.75) is 24.3 Å². The van der Waals surface area contributed by atoms with Gasteiger partial charge in [0.15, 0.2) is 0 Å². The Labute approximate surface area is 107 Å². The average molecular weight is 272 g/mol. The lowest BCUT2D eigenvalue weighted by atomic mass is 10.0. The summed E-state index contributed by atoms with van der Waals surface area (Å²) in [5, 5.41) is 0. The van der Waals surface area contributed by atoms with Gasteiger partial charge in [-0.3, -0.25) is 0 Å². The van der Waals surface area contributed by atoms with E-state index in [1.165, 1.54) is 22.5 Å². The van der Waals surface area contributed by atoms with Crippen LogP contribution in [0, 0.1) is 11.7 Å². The number of sulfonamides is 1. The first-order valence-corrected chi connectivity index (χ1v) is 7.37. The first-order valence-electron chi connectivity index (χ1n) is 5.93. The number of rotatable bonds is 3. The van der Waals surface area contributed by atoms with Crippen molar-refractivity contribution in [1.82, 2.24) is 4.31 Å². The molecule has 100 valence electrons. The van der Waals surface area contributed by atoms with Gasteiger partial charge < -0.3 is 5.73 Å². The van der Waals surface area contributed by atoms with Crippen molar-refractivity contribution in [1.29, 1.82) is 0 Å². The highest BCUT2D eigenvalue weighted by Crippen LogP contribution is 2.26. The van der Waals surface area contributed by atoms with Crippen LogP contribution in [0.1, 0.15) is 13.3 Å². The fourth-order valence-electron chi connectivity index (χ4n) is 2.19. The van der Waals surface area contributed by atoms with Crippen molar-refractivity contribution < 1.29 is 12.8 Å². The molecule has 2 rings (SSSR count). The lowest BCUT2D eigenvalue weighted by Crippen LogP contribution is -2.33. The molecule has 18 heavy (non-hydrogen) atoms. The van der Waals surface area contributed by atoms with Crippen molar-refractivity contribution in [3.63, 3.8) is 0 Å². The van der Waals surface area contributed by atoms with Crippen molar-refractivity contribution in [2.75, 3.05) is 13.1 Å². The van der Waals surface area contributed by atoms with Crippen molar-refractivity contribution >= 4 is 10.0 Å². The third-order valence-corrected chi connectivity index (χ3v) is 5.28. The number of nitrogens with zero attached hydrogens (tertiary/aromatic N) is 1. The molecular weight excluding hydrogens is 255 g/mol. The second kappa shape index (κ2) is 4.95. The van der Waals surface area contributed by atoms with Crippen LogP contribution in [-0.2, 0) is 10.0 Å². The summed E-state index contributed by atoms with van der Waals surface area (Å²) in [5.74, 6) is -0.562. The summed E-state index contributed by atoms with van der Waals surface area (Å²) in [6.45, 7) is 2.64. The maximum absolute atomic E-state index is 13.6. The van der Waals surface area contributed by atoms with Crippen LogP contribution >= 0.6 is 0 Å². The summed E-state index contributed by atoms with van der Waals surface area (Å²) in [5.41, 5.74) is 5.78. The molecule has 0 amide bonds. The Kier molecular flexibility index (Phi) is 3.70. The topological polar surface area (TPSA) is 63.4 Å². The fourth-order valence-corrected chi connectivity index (χ4v) is 3.77. The minimum absolute atomic E-state index is 0.0502. The standard InChI is InChI=1S/C12H17FN2O2S/c1-9(14)10-6-7-15(8-10)18(16,17)12-5-3-2-4-11(12)13/h2-5,9-10H,6-8,14H2,1H3. The zero-order valence-electron chi connectivity index (χ0n) is 10.2. The highest BCUT2D eigenvalue weighted by atomic mass is 32.2. The molecule has 1 aromatic rings. The van der Waals surface area contributed by atoms with Crippen LogP contribution in [-0.4, -0.2) is 31.9 Å². The Balaban J connectivity index is 2.26. The number of benzene rings is 1. The van der Waals surface area contributed by atoms with Crippen LogP contribution in [0.3, 0.4) is 0 Å². The molecule has 2 atom stereocenters. The fraction of sp³-hybridized carbons (Fsp3) is 0.500. The highest BCUT2D eigenvalue weighted by Gasteiger charge is 2.35. The zero-order chi connectivity index (χ0) is 13.3. The normalized spacial score (nSPS) is 23.2. The average Bonchev–Trinajstić information content (AvgIpc) is 2.79. The van der Waals surface area contributed by atoms with Crippen LogP contribution in [0.2, 0.25) is 0 Å². The van der Waals surface area contributed by atoms with Crippen LogP contribution in [0.4, 0.5) is 4.39 Å². The summed E-state index contributed by atoms with van der Waals surface area (Å²) in [6, 6.07) is 5.40. The van der Waals surface area contributed by atoms with Gasteiger partial charge in [0, 0.05) is 19.1 Å². The highest BCUT2D eigenvalue weighted by molar-refractivity contribution is 7.89. The third-order valence-electron chi connectivity index (χ3n) is 3.39. The summed E-state index contributed by atoms with van der Waals surface area (Å²) in [7, 11) is -3.73. The predicted molar refractivity (Wildman–Crippen MR) is 66.9 cm³/mol. The van der Waals surface area contributed by atoms with E-state index in [0.717, 1.165) is 12.5 Å². The molecule has 0 saturated carbocycles. The van der Waals surface area contributed by atoms with E-state index in [9.17, 15) is 12.8 Å². The molecule has 0 radical (unpaired) electrons. The zero-order valence-corrected chi connectivity index (χ0v) is 11.0. The van der Waals surface area contributed by atoms with Crippen LogP contribution in [0.5, 0.6) is 0 Å². The van der Waals surface area contributed by atoms with Gasteiger partial charge in [0.25, 0.3) is 0 Å². The number of hydrogen-bond acceptors (Lipinski definition) is 3. The van der Waals surface area contributed by atoms with Gasteiger partial charge >= 0.3 is 0 Å². The molecule has 1 aromatic carbocycles. The second-order valence-electron chi connectivity index (χ2n) is 4.70. The van der Waals surface area contributed by atoms with Gasteiger partial charge in [-0.2, -0.15) is 4.31 Å². The monoisotopic (exact) mass is 272 g/mol. The molecule has 0 spiro atoms. The number of hydrogen-bond donors (Lipinski definition) is 1. The van der Waals surface area contributed by atoms with E-state index in [-0.39, 0.29) is 16.9 Å². The van der Waals surface area contributed by atoms with Crippen LogP contribution in [0.25, 0.3) is 0 Å². The lowest BCUT2D eigenvalue weighted by molar-refractivity contribution is 0.426. The summed E-state index contributed by atoms with van der Waals surface area (Å²) in [6.07, 6.45) is 0.728. The Bertz CT molecular complexity index is 531. The van der Waals surface area contributed by atoms with Crippen molar-refractivity contribution in [3.05, 3.63) is 30.1 Å². The molecule has 1 saturated heterocycles. The first kappa shape index (κ1) is 13.5. The van der Waals surface area contributed by atoms with Crippen molar-refractivity contribution in [2.24, 2.45) is 11.7 Å². The molecular formula is C12H17FN2O2S. The maximum atomic E-state index is 13.6. The molecule has 0 bridgehead atoms. The second-order valence-corrected chi connectivity index (χ2v) is 6.61. The van der Waals surface area contributed by atoms with E-state index in [2.05, 4.69) is 0 Å². The summed E-state index contributed by atoms with van der Waals surface area (Å²) >= 11 is 0. The van der Waals surface area contributed by atoms with Gasteiger partial charge in [0.2, 0.25) is 10.0 Å². The molecule has 1 aliphatic heterocycles. The van der Waals surface area contributed by atoms with Crippen molar-refractivity contribution in [3.8, 4) is 0 Å². The molecule has 1 aliphatic rings. The SMILES string of the molecule is CC(N)C1CCN(S(=O)(=O)c2ccccc2F)C1. The predicted octanol–water partition coefficient (Wildman–Crippen LogP) is 1.18. The summed E-state index contributed by atoms with van der Waals surface area (Å²) in [4.78, 5) is -0.254. The molecule has 0 aromatic heterocycles. The molecule has 0 aliphatic carbocycles. The van der Waals surface area contributed by atoms with E-state index >= 15 is 0 Å². The van der Waals surface area contributed by atoms with Crippen LogP contribution < -0.4 is 5.73 Å². The minimum Gasteiger partial charge on any atom is -0.328 e. The largest absolute Gasteiger partial charge is 0.328 e. The van der Waals surface area contributed by atoms with E-state index in [1.807, 2.05) is 6.92 Å². The molecule has 1 fully saturated rings. The maximum Gasteiger partial charge on any atom is 0.245 e. The van der Waals surface area contributed by atoms with Gasteiger partial charge in [0.1, 0.15) is 10.7 Å². The van der Waals surface area contributed by atoms with E-state index < -0.39 is 15.8 Å². The Morgan fingerprint density at radius 3 is 2.67 bits per heavy atom.